The molecule has 0 spiro atoms. The van der Waals surface area contributed by atoms with Crippen molar-refractivity contribution < 1.29 is 9.18 Å². The summed E-state index contributed by atoms with van der Waals surface area (Å²) in [6, 6.07) is 5.89. The van der Waals surface area contributed by atoms with Crippen LogP contribution in [0, 0.1) is 0 Å². The Morgan fingerprint density at radius 2 is 2.14 bits per heavy atom. The maximum atomic E-state index is 13.6. The first-order valence-electron chi connectivity index (χ1n) is 7.17. The summed E-state index contributed by atoms with van der Waals surface area (Å²) in [7, 11) is 0. The van der Waals surface area contributed by atoms with Crippen LogP contribution in [0.2, 0.25) is 5.02 Å². The van der Waals surface area contributed by atoms with Crippen LogP contribution in [0.25, 0.3) is 10.9 Å². The summed E-state index contributed by atoms with van der Waals surface area (Å²) in [5, 5.41) is 4.37. The number of nitrogens with one attached hydrogen (secondary N) is 2. The number of hydrogen-bond acceptors (Lipinski definition) is 1. The summed E-state index contributed by atoms with van der Waals surface area (Å²) in [5.41, 5.74) is 1.29. The van der Waals surface area contributed by atoms with Crippen LogP contribution in [0.1, 0.15) is 43.9 Å². The minimum absolute atomic E-state index is 0.299. The van der Waals surface area contributed by atoms with E-state index in [1.165, 1.54) is 0 Å². The van der Waals surface area contributed by atoms with Crippen molar-refractivity contribution in [2.45, 2.75) is 44.8 Å². The normalized spacial score (nSPS) is 16.4. The van der Waals surface area contributed by atoms with Gasteiger partial charge in [0.2, 0.25) is 0 Å². The summed E-state index contributed by atoms with van der Waals surface area (Å²) in [5.74, 6) is -0.170. The zero-order valence-corrected chi connectivity index (χ0v) is 12.9. The van der Waals surface area contributed by atoms with Gasteiger partial charge in [-0.05, 0) is 42.5 Å². The summed E-state index contributed by atoms with van der Waals surface area (Å²) in [6.07, 6.45) is 0.664. The van der Waals surface area contributed by atoms with Gasteiger partial charge in [0.15, 0.2) is 5.67 Å². The van der Waals surface area contributed by atoms with Gasteiger partial charge in [-0.1, -0.05) is 25.4 Å². The Morgan fingerprint density at radius 3 is 2.76 bits per heavy atom. The average Bonchev–Trinajstić information content (AvgIpc) is 3.05. The lowest BCUT2D eigenvalue weighted by Crippen LogP contribution is -2.32. The van der Waals surface area contributed by atoms with Gasteiger partial charge in [-0.25, -0.2) is 4.39 Å². The number of halogens is 2. The average molecular weight is 309 g/mol. The summed E-state index contributed by atoms with van der Waals surface area (Å²) in [4.78, 5) is 14.8. The molecule has 0 unspecified atom stereocenters. The third-order valence-corrected chi connectivity index (χ3v) is 4.28. The van der Waals surface area contributed by atoms with Gasteiger partial charge in [-0.15, -0.1) is 0 Å². The number of H-pyrrole nitrogens is 1. The predicted octanol–water partition coefficient (Wildman–Crippen LogP) is 4.06. The number of aromatic amines is 1. The summed E-state index contributed by atoms with van der Waals surface area (Å²) in [6.45, 7) is 4.48. The van der Waals surface area contributed by atoms with Gasteiger partial charge >= 0.3 is 0 Å². The second-order valence-electron chi connectivity index (χ2n) is 6.06. The number of carbonyl (C=O) groups is 1. The maximum Gasteiger partial charge on any atom is 0.257 e. The number of rotatable bonds is 4. The zero-order chi connectivity index (χ0) is 15.2. The molecule has 5 heteroatoms. The number of amides is 1. The molecule has 0 radical (unpaired) electrons. The molecule has 1 aliphatic carbocycles. The van der Waals surface area contributed by atoms with Gasteiger partial charge in [0.05, 0.1) is 6.54 Å². The molecule has 2 N–H and O–H groups in total. The maximum absolute atomic E-state index is 13.6. The summed E-state index contributed by atoms with van der Waals surface area (Å²) >= 11 is 6.27. The van der Waals surface area contributed by atoms with E-state index in [-0.39, 0.29) is 0 Å². The van der Waals surface area contributed by atoms with Crippen molar-refractivity contribution in [1.29, 1.82) is 0 Å². The monoisotopic (exact) mass is 308 g/mol. The molecular formula is C16H18ClFN2O. The molecule has 1 aromatic heterocycles. The van der Waals surface area contributed by atoms with Gasteiger partial charge in [0.1, 0.15) is 0 Å². The molecule has 3 nitrogen and oxygen atoms in total. The highest BCUT2D eigenvalue weighted by atomic mass is 35.5. The minimum Gasteiger partial charge on any atom is -0.357 e. The van der Waals surface area contributed by atoms with Crippen LogP contribution in [-0.4, -0.2) is 16.6 Å². The fourth-order valence-electron chi connectivity index (χ4n) is 2.44. The Hall–Kier alpha value is -1.55. The number of aromatic nitrogens is 1. The van der Waals surface area contributed by atoms with Crippen molar-refractivity contribution in [3.05, 3.63) is 34.5 Å². The molecule has 1 heterocycles. The Kier molecular flexibility index (Phi) is 3.44. The Bertz CT molecular complexity index is 704. The van der Waals surface area contributed by atoms with Crippen molar-refractivity contribution in [3.63, 3.8) is 0 Å². The minimum atomic E-state index is -1.62. The molecule has 0 saturated heterocycles. The van der Waals surface area contributed by atoms with E-state index in [4.69, 9.17) is 11.6 Å². The van der Waals surface area contributed by atoms with Crippen molar-refractivity contribution in [3.8, 4) is 0 Å². The lowest BCUT2D eigenvalue weighted by atomic mass is 10.0. The number of fused-ring (bicyclic) bond motifs is 1. The first-order valence-corrected chi connectivity index (χ1v) is 7.55. The molecule has 21 heavy (non-hydrogen) atoms. The van der Waals surface area contributed by atoms with E-state index in [2.05, 4.69) is 24.1 Å². The molecule has 0 atom stereocenters. The second kappa shape index (κ2) is 5.02. The van der Waals surface area contributed by atoms with Gasteiger partial charge in [-0.2, -0.15) is 0 Å². The third kappa shape index (κ3) is 2.77. The van der Waals surface area contributed by atoms with Gasteiger partial charge in [-0.3, -0.25) is 4.79 Å². The number of carbonyl (C=O) groups excluding carboxylic acids is 1. The molecule has 1 aromatic carbocycles. The molecule has 1 saturated carbocycles. The first kappa shape index (κ1) is 14.4. The SMILES string of the molecule is CC(C)c1cc2[nH]c(CNC(=O)C3(F)CC3)cc2cc1Cl. The molecule has 1 fully saturated rings. The highest BCUT2D eigenvalue weighted by Crippen LogP contribution is 2.39. The topological polar surface area (TPSA) is 44.9 Å². The smallest absolute Gasteiger partial charge is 0.257 e. The fraction of sp³-hybridized carbons (Fsp3) is 0.438. The van der Waals surface area contributed by atoms with Gasteiger partial charge in [0.25, 0.3) is 5.91 Å². The molecule has 0 bridgehead atoms. The summed E-state index contributed by atoms with van der Waals surface area (Å²) < 4.78 is 13.6. The van der Waals surface area contributed by atoms with Gasteiger partial charge < -0.3 is 10.3 Å². The zero-order valence-electron chi connectivity index (χ0n) is 12.1. The van der Waals surface area contributed by atoms with Crippen LogP contribution in [0.4, 0.5) is 4.39 Å². The van der Waals surface area contributed by atoms with E-state index in [1.807, 2.05) is 18.2 Å². The molecular weight excluding hydrogens is 291 g/mol. The van der Waals surface area contributed by atoms with E-state index in [0.29, 0.717) is 25.3 Å². The molecule has 0 aliphatic heterocycles. The Morgan fingerprint density at radius 1 is 1.43 bits per heavy atom. The van der Waals surface area contributed by atoms with Crippen LogP contribution in [-0.2, 0) is 11.3 Å². The number of hydrogen-bond donors (Lipinski definition) is 2. The van der Waals surface area contributed by atoms with E-state index in [0.717, 1.165) is 27.2 Å². The number of alkyl halides is 1. The Balaban J connectivity index is 1.79. The Labute approximate surface area is 127 Å². The standard InChI is InChI=1S/C16H18ClFN2O/c1-9(2)12-7-14-10(6-13(12)17)5-11(20-14)8-19-15(21)16(18)3-4-16/h5-7,9,20H,3-4,8H2,1-2H3,(H,19,21). The fourth-order valence-corrected chi connectivity index (χ4v) is 2.83. The molecule has 1 amide bonds. The van der Waals surface area contributed by atoms with Crippen molar-refractivity contribution in [2.75, 3.05) is 0 Å². The highest BCUT2D eigenvalue weighted by Gasteiger charge is 2.50. The van der Waals surface area contributed by atoms with Crippen LogP contribution >= 0.6 is 11.6 Å². The lowest BCUT2D eigenvalue weighted by molar-refractivity contribution is -0.127. The number of benzene rings is 1. The van der Waals surface area contributed by atoms with Gasteiger partial charge in [0, 0.05) is 21.6 Å². The van der Waals surface area contributed by atoms with Crippen molar-refractivity contribution >= 4 is 28.4 Å². The first-order chi connectivity index (χ1) is 9.89. The molecule has 3 rings (SSSR count). The lowest BCUT2D eigenvalue weighted by Gasteiger charge is -2.07. The van der Waals surface area contributed by atoms with E-state index in [1.54, 1.807) is 0 Å². The van der Waals surface area contributed by atoms with Crippen molar-refractivity contribution in [1.82, 2.24) is 10.3 Å². The highest BCUT2D eigenvalue weighted by molar-refractivity contribution is 6.32. The van der Waals surface area contributed by atoms with Crippen molar-refractivity contribution in [2.24, 2.45) is 0 Å². The van der Waals surface area contributed by atoms with Crippen LogP contribution < -0.4 is 5.32 Å². The molecule has 1 aliphatic rings. The van der Waals surface area contributed by atoms with E-state index in [9.17, 15) is 9.18 Å². The quantitative estimate of drug-likeness (QED) is 0.879. The van der Waals surface area contributed by atoms with Crippen LogP contribution in [0.15, 0.2) is 18.2 Å². The largest absolute Gasteiger partial charge is 0.357 e. The predicted molar refractivity (Wildman–Crippen MR) is 82.3 cm³/mol. The third-order valence-electron chi connectivity index (χ3n) is 3.95. The van der Waals surface area contributed by atoms with Crippen LogP contribution in [0.5, 0.6) is 0 Å². The van der Waals surface area contributed by atoms with E-state index >= 15 is 0 Å². The molecule has 2 aromatic rings. The second-order valence-corrected chi connectivity index (χ2v) is 6.47. The molecule has 112 valence electrons. The van der Waals surface area contributed by atoms with Crippen LogP contribution in [0.3, 0.4) is 0 Å². The van der Waals surface area contributed by atoms with E-state index < -0.39 is 11.6 Å².